The minimum Gasteiger partial charge on any atom is -0.295 e. The summed E-state index contributed by atoms with van der Waals surface area (Å²) in [5.74, 6) is 0.493. The Morgan fingerprint density at radius 1 is 1.41 bits per heavy atom. The van der Waals surface area contributed by atoms with Gasteiger partial charge in [-0.25, -0.2) is 4.98 Å². The molecular formula is C13H10N4OS4. The van der Waals surface area contributed by atoms with Gasteiger partial charge in [-0.05, 0) is 11.4 Å². The molecule has 3 heterocycles. The van der Waals surface area contributed by atoms with Gasteiger partial charge in [0.25, 0.3) is 5.91 Å². The molecule has 112 valence electrons. The summed E-state index contributed by atoms with van der Waals surface area (Å²) in [6.07, 6.45) is 1.80. The van der Waals surface area contributed by atoms with Crippen molar-refractivity contribution in [2.75, 3.05) is 11.1 Å². The molecule has 0 unspecified atom stereocenters. The number of carbonyl (C=O) groups excluding carboxylic acids is 1. The molecule has 1 amide bonds. The van der Waals surface area contributed by atoms with Gasteiger partial charge in [0.15, 0.2) is 4.34 Å². The fraction of sp³-hybridized carbons (Fsp3) is 0.0769. The van der Waals surface area contributed by atoms with Gasteiger partial charge in [-0.3, -0.25) is 10.1 Å². The van der Waals surface area contributed by atoms with E-state index in [4.69, 9.17) is 0 Å². The van der Waals surface area contributed by atoms with Crippen LogP contribution in [0.15, 0.2) is 39.2 Å². The molecule has 3 aromatic rings. The van der Waals surface area contributed by atoms with Gasteiger partial charge in [-0.1, -0.05) is 29.2 Å². The Labute approximate surface area is 143 Å². The lowest BCUT2D eigenvalue weighted by Gasteiger charge is -1.96. The van der Waals surface area contributed by atoms with Crippen molar-refractivity contribution in [2.24, 2.45) is 0 Å². The molecular weight excluding hydrogens is 356 g/mol. The number of nitrogens with one attached hydrogen (secondary N) is 1. The Morgan fingerprint density at radius 3 is 3.09 bits per heavy atom. The summed E-state index contributed by atoms with van der Waals surface area (Å²) in [5.41, 5.74) is 1.43. The molecule has 3 rings (SSSR count). The van der Waals surface area contributed by atoms with Crippen LogP contribution in [0.3, 0.4) is 0 Å². The topological polar surface area (TPSA) is 67.8 Å². The van der Waals surface area contributed by atoms with Crippen molar-refractivity contribution >= 4 is 56.8 Å². The van der Waals surface area contributed by atoms with E-state index in [-0.39, 0.29) is 5.91 Å². The van der Waals surface area contributed by atoms with Crippen molar-refractivity contribution < 1.29 is 4.79 Å². The van der Waals surface area contributed by atoms with Crippen molar-refractivity contribution in [1.82, 2.24) is 15.2 Å². The SMILES string of the molecule is C=CCSc1nnc(NC(=O)c2csc(-c3ccsc3)n2)s1. The van der Waals surface area contributed by atoms with Crippen LogP contribution in [0, 0.1) is 0 Å². The van der Waals surface area contributed by atoms with Crippen molar-refractivity contribution in [3.8, 4) is 10.6 Å². The number of aromatic nitrogens is 3. The van der Waals surface area contributed by atoms with Crippen LogP contribution in [-0.4, -0.2) is 26.8 Å². The maximum absolute atomic E-state index is 12.2. The summed E-state index contributed by atoms with van der Waals surface area (Å²) in [4.78, 5) is 16.5. The number of thioether (sulfide) groups is 1. The second-order valence-electron chi connectivity index (χ2n) is 3.98. The molecule has 1 N–H and O–H groups in total. The maximum Gasteiger partial charge on any atom is 0.276 e. The minimum atomic E-state index is -0.269. The van der Waals surface area contributed by atoms with Gasteiger partial charge in [0.05, 0.1) is 0 Å². The third-order valence-corrected chi connectivity index (χ3v) is 6.00. The Kier molecular flexibility index (Phi) is 4.98. The molecule has 0 spiro atoms. The summed E-state index contributed by atoms with van der Waals surface area (Å²) < 4.78 is 0.799. The predicted molar refractivity (Wildman–Crippen MR) is 94.2 cm³/mol. The zero-order valence-electron chi connectivity index (χ0n) is 11.2. The molecule has 0 fully saturated rings. The first-order valence-corrected chi connectivity index (χ1v) is 9.75. The van der Waals surface area contributed by atoms with Gasteiger partial charge < -0.3 is 0 Å². The number of amides is 1. The molecule has 22 heavy (non-hydrogen) atoms. The summed E-state index contributed by atoms with van der Waals surface area (Å²) in [7, 11) is 0. The Balaban J connectivity index is 1.67. The Morgan fingerprint density at radius 2 is 2.32 bits per heavy atom. The van der Waals surface area contributed by atoms with Gasteiger partial charge in [-0.2, -0.15) is 11.3 Å². The number of hydrogen-bond acceptors (Lipinski definition) is 8. The van der Waals surface area contributed by atoms with E-state index in [0.717, 1.165) is 20.7 Å². The number of rotatable bonds is 6. The summed E-state index contributed by atoms with van der Waals surface area (Å²) >= 11 is 5.92. The van der Waals surface area contributed by atoms with E-state index in [1.807, 2.05) is 16.8 Å². The lowest BCUT2D eigenvalue weighted by molar-refractivity contribution is 0.102. The summed E-state index contributed by atoms with van der Waals surface area (Å²) in [6.45, 7) is 3.65. The van der Waals surface area contributed by atoms with Gasteiger partial charge in [0.2, 0.25) is 5.13 Å². The highest BCUT2D eigenvalue weighted by molar-refractivity contribution is 8.01. The molecule has 0 aliphatic carbocycles. The molecule has 9 heteroatoms. The lowest BCUT2D eigenvalue weighted by atomic mass is 10.3. The molecule has 0 aliphatic rings. The molecule has 0 saturated carbocycles. The molecule has 5 nitrogen and oxygen atoms in total. The highest BCUT2D eigenvalue weighted by Gasteiger charge is 2.14. The maximum atomic E-state index is 12.2. The van der Waals surface area contributed by atoms with Crippen molar-refractivity contribution in [3.63, 3.8) is 0 Å². The molecule has 0 saturated heterocycles. The Bertz CT molecular complexity index is 778. The van der Waals surface area contributed by atoms with Crippen molar-refractivity contribution in [3.05, 3.63) is 40.6 Å². The summed E-state index contributed by atoms with van der Waals surface area (Å²) in [6, 6.07) is 1.99. The minimum absolute atomic E-state index is 0.269. The van der Waals surface area contributed by atoms with Crippen LogP contribution in [0.5, 0.6) is 0 Å². The average molecular weight is 367 g/mol. The molecule has 0 aliphatic heterocycles. The smallest absolute Gasteiger partial charge is 0.276 e. The highest BCUT2D eigenvalue weighted by atomic mass is 32.2. The van der Waals surface area contributed by atoms with E-state index in [2.05, 4.69) is 27.1 Å². The van der Waals surface area contributed by atoms with E-state index in [0.29, 0.717) is 10.8 Å². The van der Waals surface area contributed by atoms with E-state index in [9.17, 15) is 4.79 Å². The molecule has 0 aromatic carbocycles. The number of thiophene rings is 1. The van der Waals surface area contributed by atoms with Gasteiger partial charge >= 0.3 is 0 Å². The molecule has 0 radical (unpaired) electrons. The first-order chi connectivity index (χ1) is 10.8. The van der Waals surface area contributed by atoms with Crippen LogP contribution in [-0.2, 0) is 0 Å². The van der Waals surface area contributed by atoms with Crippen LogP contribution in [0.25, 0.3) is 10.6 Å². The zero-order valence-corrected chi connectivity index (χ0v) is 14.4. The first-order valence-electron chi connectivity index (χ1n) is 6.13. The van der Waals surface area contributed by atoms with Gasteiger partial charge in [0, 0.05) is 22.1 Å². The second-order valence-corrected chi connectivity index (χ2v) is 7.86. The number of thiazole rings is 1. The highest BCUT2D eigenvalue weighted by Crippen LogP contribution is 2.27. The van der Waals surface area contributed by atoms with Crippen LogP contribution in [0.4, 0.5) is 5.13 Å². The molecule has 0 atom stereocenters. The first kappa shape index (κ1) is 15.3. The normalized spacial score (nSPS) is 10.5. The Hall–Kier alpha value is -1.55. The number of anilines is 1. The average Bonchev–Trinajstić information content (AvgIpc) is 3.25. The third kappa shape index (κ3) is 3.61. The van der Waals surface area contributed by atoms with Crippen LogP contribution < -0.4 is 5.32 Å². The van der Waals surface area contributed by atoms with Crippen LogP contribution in [0.1, 0.15) is 10.5 Å². The predicted octanol–water partition coefficient (Wildman–Crippen LogP) is 4.25. The molecule has 0 bridgehead atoms. The van der Waals surface area contributed by atoms with Gasteiger partial charge in [-0.15, -0.1) is 28.1 Å². The van der Waals surface area contributed by atoms with Crippen LogP contribution in [0.2, 0.25) is 0 Å². The number of carbonyl (C=O) groups is 1. The summed E-state index contributed by atoms with van der Waals surface area (Å²) in [5, 5.41) is 17.7. The van der Waals surface area contributed by atoms with E-state index in [1.54, 1.807) is 22.8 Å². The van der Waals surface area contributed by atoms with E-state index in [1.165, 1.54) is 34.4 Å². The standard InChI is InChI=1S/C13H10N4OS4/c1-2-4-20-13-17-16-12(22-13)15-10(18)9-7-21-11(14-9)8-3-5-19-6-8/h2-3,5-7H,1,4H2,(H,15,16,18). The number of nitrogens with zero attached hydrogens (tertiary/aromatic N) is 3. The fourth-order valence-electron chi connectivity index (χ4n) is 1.51. The monoisotopic (exact) mass is 366 g/mol. The van der Waals surface area contributed by atoms with Crippen molar-refractivity contribution in [1.29, 1.82) is 0 Å². The molecule has 3 aromatic heterocycles. The van der Waals surface area contributed by atoms with Crippen LogP contribution >= 0.6 is 45.8 Å². The quantitative estimate of drug-likeness (QED) is 0.401. The lowest BCUT2D eigenvalue weighted by Crippen LogP contribution is -2.12. The zero-order chi connectivity index (χ0) is 15.4. The van der Waals surface area contributed by atoms with Gasteiger partial charge in [0.1, 0.15) is 10.7 Å². The fourth-order valence-corrected chi connectivity index (χ4v) is 4.53. The number of hydrogen-bond donors (Lipinski definition) is 1. The largest absolute Gasteiger partial charge is 0.295 e. The van der Waals surface area contributed by atoms with E-state index < -0.39 is 0 Å². The third-order valence-electron chi connectivity index (χ3n) is 2.46. The van der Waals surface area contributed by atoms with E-state index >= 15 is 0 Å². The second kappa shape index (κ2) is 7.14. The van der Waals surface area contributed by atoms with Crippen molar-refractivity contribution in [2.45, 2.75) is 4.34 Å².